The summed E-state index contributed by atoms with van der Waals surface area (Å²) in [6.45, 7) is 5.14. The molecule has 0 spiro atoms. The Morgan fingerprint density at radius 2 is 2.15 bits per heavy atom. The van der Waals surface area contributed by atoms with Gasteiger partial charge in [-0.1, -0.05) is 6.92 Å². The third-order valence-corrected chi connectivity index (χ3v) is 6.09. The van der Waals surface area contributed by atoms with Crippen molar-refractivity contribution in [2.45, 2.75) is 26.3 Å². The molecule has 4 rings (SSSR count). The first-order chi connectivity index (χ1) is 12.6. The fourth-order valence-corrected chi connectivity index (χ4v) is 4.60. The van der Waals surface area contributed by atoms with Gasteiger partial charge in [-0.25, -0.2) is 4.98 Å². The predicted octanol–water partition coefficient (Wildman–Crippen LogP) is 3.89. The molecule has 6 heteroatoms. The molecule has 0 bridgehead atoms. The van der Waals surface area contributed by atoms with Gasteiger partial charge in [0.05, 0.1) is 19.2 Å². The van der Waals surface area contributed by atoms with Crippen LogP contribution in [0.5, 0.6) is 5.75 Å². The Morgan fingerprint density at radius 1 is 1.35 bits per heavy atom. The Kier molecular flexibility index (Phi) is 4.78. The van der Waals surface area contributed by atoms with E-state index in [9.17, 15) is 4.79 Å². The molecule has 1 aromatic carbocycles. The van der Waals surface area contributed by atoms with Crippen molar-refractivity contribution in [3.63, 3.8) is 0 Å². The molecule has 0 unspecified atom stereocenters. The minimum Gasteiger partial charge on any atom is -0.497 e. The Morgan fingerprint density at radius 3 is 2.88 bits per heavy atom. The van der Waals surface area contributed by atoms with Crippen LogP contribution < -0.4 is 10.3 Å². The number of nitrogens with zero attached hydrogens (tertiary/aromatic N) is 2. The van der Waals surface area contributed by atoms with Crippen LogP contribution in [0.15, 0.2) is 35.1 Å². The molecule has 1 aliphatic rings. The number of aromatic amines is 1. The maximum Gasteiger partial charge on any atom is 0.268 e. The quantitative estimate of drug-likeness (QED) is 0.758. The van der Waals surface area contributed by atoms with Gasteiger partial charge >= 0.3 is 0 Å². The van der Waals surface area contributed by atoms with E-state index in [1.54, 1.807) is 7.11 Å². The zero-order valence-electron chi connectivity index (χ0n) is 15.1. The number of fused-ring (bicyclic) bond motifs is 1. The lowest BCUT2D eigenvalue weighted by Gasteiger charge is -2.30. The molecule has 3 heterocycles. The summed E-state index contributed by atoms with van der Waals surface area (Å²) in [5.74, 6) is 2.29. The number of aromatic nitrogens is 2. The molecule has 1 fully saturated rings. The molecular formula is C20H23N3O2S. The molecule has 1 saturated heterocycles. The minimum atomic E-state index is -0.0418. The molecule has 136 valence electrons. The monoisotopic (exact) mass is 369 g/mol. The van der Waals surface area contributed by atoms with Gasteiger partial charge in [0, 0.05) is 11.4 Å². The summed E-state index contributed by atoms with van der Waals surface area (Å²) in [5, 5.41) is 0. The van der Waals surface area contributed by atoms with Gasteiger partial charge in [-0.3, -0.25) is 9.69 Å². The first-order valence-corrected chi connectivity index (χ1v) is 9.83. The highest BCUT2D eigenvalue weighted by Gasteiger charge is 2.18. The van der Waals surface area contributed by atoms with Gasteiger partial charge in [-0.2, -0.15) is 0 Å². The molecule has 1 aliphatic heterocycles. The summed E-state index contributed by atoms with van der Waals surface area (Å²) >= 11 is 1.48. The van der Waals surface area contributed by atoms with Crippen molar-refractivity contribution in [2.24, 2.45) is 5.92 Å². The third-order valence-electron chi connectivity index (χ3n) is 4.92. The van der Waals surface area contributed by atoms with E-state index in [0.717, 1.165) is 40.6 Å². The third kappa shape index (κ3) is 3.52. The number of nitrogens with one attached hydrogen (secondary N) is 1. The average molecular weight is 369 g/mol. The number of ether oxygens (including phenoxy) is 1. The van der Waals surface area contributed by atoms with Crippen LogP contribution >= 0.6 is 11.3 Å². The van der Waals surface area contributed by atoms with Crippen molar-refractivity contribution >= 4 is 21.6 Å². The summed E-state index contributed by atoms with van der Waals surface area (Å²) in [6, 6.07) is 9.89. The summed E-state index contributed by atoms with van der Waals surface area (Å²) in [6.07, 6.45) is 2.50. The number of H-pyrrole nitrogens is 1. The van der Waals surface area contributed by atoms with Gasteiger partial charge in [0.2, 0.25) is 0 Å². The molecular weight excluding hydrogens is 346 g/mol. The number of piperidine rings is 1. The molecule has 0 radical (unpaired) electrons. The van der Waals surface area contributed by atoms with Crippen molar-refractivity contribution in [3.8, 4) is 16.2 Å². The van der Waals surface area contributed by atoms with E-state index in [0.29, 0.717) is 17.2 Å². The van der Waals surface area contributed by atoms with Gasteiger partial charge in [0.25, 0.3) is 5.56 Å². The molecule has 1 N–H and O–H groups in total. The standard InChI is InChI=1S/C20H23N3O2S/c1-13-4-3-9-23(11-13)12-18-21-16-10-17(26-19(16)20(24)22-18)14-5-7-15(25-2)8-6-14/h5-8,10,13H,3-4,9,11-12H2,1-2H3,(H,21,22,24)/t13-/m1/s1. The molecule has 0 amide bonds. The zero-order chi connectivity index (χ0) is 18.1. The number of methoxy groups -OCH3 is 1. The van der Waals surface area contributed by atoms with Crippen molar-refractivity contribution < 1.29 is 4.74 Å². The zero-order valence-corrected chi connectivity index (χ0v) is 15.9. The van der Waals surface area contributed by atoms with Gasteiger partial charge in [-0.05, 0) is 61.2 Å². The summed E-state index contributed by atoms with van der Waals surface area (Å²) in [7, 11) is 1.66. The molecule has 2 aromatic heterocycles. The van der Waals surface area contributed by atoms with E-state index < -0.39 is 0 Å². The molecule has 26 heavy (non-hydrogen) atoms. The van der Waals surface area contributed by atoms with E-state index >= 15 is 0 Å². The molecule has 5 nitrogen and oxygen atoms in total. The second-order valence-electron chi connectivity index (χ2n) is 7.05. The summed E-state index contributed by atoms with van der Waals surface area (Å²) < 4.78 is 5.90. The van der Waals surface area contributed by atoms with Crippen molar-refractivity contribution in [1.82, 2.24) is 14.9 Å². The summed E-state index contributed by atoms with van der Waals surface area (Å²) in [4.78, 5) is 23.7. The van der Waals surface area contributed by atoms with Crippen LogP contribution in [-0.2, 0) is 6.54 Å². The molecule has 3 aromatic rings. The van der Waals surface area contributed by atoms with E-state index in [2.05, 4.69) is 16.8 Å². The highest BCUT2D eigenvalue weighted by Crippen LogP contribution is 2.32. The largest absolute Gasteiger partial charge is 0.497 e. The fraction of sp³-hybridized carbons (Fsp3) is 0.400. The first-order valence-electron chi connectivity index (χ1n) is 9.02. The molecule has 0 aliphatic carbocycles. The normalized spacial score (nSPS) is 18.3. The maximum atomic E-state index is 12.5. The molecule has 1 atom stereocenters. The predicted molar refractivity (Wildman–Crippen MR) is 106 cm³/mol. The Bertz CT molecular complexity index is 961. The second kappa shape index (κ2) is 7.21. The van der Waals surface area contributed by atoms with Crippen LogP contribution in [0.2, 0.25) is 0 Å². The number of hydrogen-bond acceptors (Lipinski definition) is 5. The van der Waals surface area contributed by atoms with E-state index in [1.165, 1.54) is 24.2 Å². The van der Waals surface area contributed by atoms with Gasteiger partial charge in [0.1, 0.15) is 16.3 Å². The van der Waals surface area contributed by atoms with Crippen molar-refractivity contribution in [3.05, 3.63) is 46.5 Å². The average Bonchev–Trinajstić information content (AvgIpc) is 3.06. The van der Waals surface area contributed by atoms with Crippen molar-refractivity contribution in [2.75, 3.05) is 20.2 Å². The van der Waals surface area contributed by atoms with Gasteiger partial charge in [-0.15, -0.1) is 11.3 Å². The first kappa shape index (κ1) is 17.2. The van der Waals surface area contributed by atoms with Crippen LogP contribution in [-0.4, -0.2) is 35.1 Å². The highest BCUT2D eigenvalue weighted by atomic mass is 32.1. The number of hydrogen-bond donors (Lipinski definition) is 1. The van der Waals surface area contributed by atoms with Crippen LogP contribution in [0.3, 0.4) is 0 Å². The highest BCUT2D eigenvalue weighted by molar-refractivity contribution is 7.22. The van der Waals surface area contributed by atoms with Crippen molar-refractivity contribution in [1.29, 1.82) is 0 Å². The number of benzene rings is 1. The minimum absolute atomic E-state index is 0.0418. The lowest BCUT2D eigenvalue weighted by atomic mass is 10.0. The Labute approximate surface area is 156 Å². The number of thiophene rings is 1. The van der Waals surface area contributed by atoms with Gasteiger partial charge < -0.3 is 9.72 Å². The lowest BCUT2D eigenvalue weighted by molar-refractivity contribution is 0.173. The van der Waals surface area contributed by atoms with E-state index in [1.807, 2.05) is 30.3 Å². The van der Waals surface area contributed by atoms with E-state index in [-0.39, 0.29) is 5.56 Å². The smallest absolute Gasteiger partial charge is 0.268 e. The van der Waals surface area contributed by atoms with Gasteiger partial charge in [0.15, 0.2) is 0 Å². The Balaban J connectivity index is 1.63. The SMILES string of the molecule is COc1ccc(-c2cc3nc(CN4CCC[C@@H](C)C4)[nH]c(=O)c3s2)cc1. The Hall–Kier alpha value is -2.18. The number of rotatable bonds is 4. The lowest BCUT2D eigenvalue weighted by Crippen LogP contribution is -2.34. The van der Waals surface area contributed by atoms with E-state index in [4.69, 9.17) is 9.72 Å². The maximum absolute atomic E-state index is 12.5. The van der Waals surface area contributed by atoms with Crippen LogP contribution in [0.4, 0.5) is 0 Å². The fourth-order valence-electron chi connectivity index (χ4n) is 3.60. The molecule has 0 saturated carbocycles. The number of likely N-dealkylation sites (tertiary alicyclic amines) is 1. The summed E-state index contributed by atoms with van der Waals surface area (Å²) in [5.41, 5.74) is 1.81. The van der Waals surface area contributed by atoms with Crippen LogP contribution in [0.25, 0.3) is 20.7 Å². The van der Waals surface area contributed by atoms with Crippen LogP contribution in [0, 0.1) is 5.92 Å². The van der Waals surface area contributed by atoms with Crippen LogP contribution in [0.1, 0.15) is 25.6 Å². The second-order valence-corrected chi connectivity index (χ2v) is 8.10. The topological polar surface area (TPSA) is 58.2 Å².